The van der Waals surface area contributed by atoms with E-state index in [1.165, 1.54) is 154 Å². The van der Waals surface area contributed by atoms with Crippen molar-refractivity contribution in [2.45, 2.75) is 239 Å². The minimum Gasteiger partial charge on any atom is -0.462 e. The molecule has 0 aliphatic heterocycles. The first-order valence-electron chi connectivity index (χ1n) is 21.3. The predicted octanol–water partition coefficient (Wildman–Crippen LogP) is 13.2. The first kappa shape index (κ1) is 46.9. The van der Waals surface area contributed by atoms with Gasteiger partial charge in [0.1, 0.15) is 6.61 Å². The van der Waals surface area contributed by atoms with Crippen LogP contribution in [0, 0.1) is 11.8 Å². The molecule has 0 fully saturated rings. The van der Waals surface area contributed by atoms with Gasteiger partial charge in [-0.1, -0.05) is 207 Å². The summed E-state index contributed by atoms with van der Waals surface area (Å²) in [5.41, 5.74) is 0. The van der Waals surface area contributed by atoms with E-state index in [1.54, 1.807) is 0 Å². The molecular formula is C43H84O5. The Hall–Kier alpha value is -1.10. The fourth-order valence-corrected chi connectivity index (χ4v) is 6.51. The summed E-state index contributed by atoms with van der Waals surface area (Å²) in [5, 5.41) is 9.56. The van der Waals surface area contributed by atoms with Crippen molar-refractivity contribution in [2.75, 3.05) is 13.2 Å². The Labute approximate surface area is 299 Å². The van der Waals surface area contributed by atoms with Crippen LogP contribution < -0.4 is 0 Å². The van der Waals surface area contributed by atoms with Crippen molar-refractivity contribution in [1.82, 2.24) is 0 Å². The summed E-state index contributed by atoms with van der Waals surface area (Å²) < 4.78 is 10.6. The average molecular weight is 681 g/mol. The Morgan fingerprint density at radius 3 is 0.979 bits per heavy atom. The van der Waals surface area contributed by atoms with Gasteiger partial charge in [0.05, 0.1) is 6.61 Å². The van der Waals surface area contributed by atoms with E-state index in [1.807, 2.05) is 0 Å². The zero-order chi connectivity index (χ0) is 35.3. The molecule has 0 saturated heterocycles. The topological polar surface area (TPSA) is 72.8 Å². The lowest BCUT2D eigenvalue weighted by atomic mass is 10.0. The van der Waals surface area contributed by atoms with E-state index >= 15 is 0 Å². The molecule has 0 aliphatic rings. The Kier molecular flexibility index (Phi) is 36.3. The van der Waals surface area contributed by atoms with Crippen LogP contribution in [0.5, 0.6) is 0 Å². The lowest BCUT2D eigenvalue weighted by Crippen LogP contribution is -2.28. The van der Waals surface area contributed by atoms with Crippen LogP contribution >= 0.6 is 0 Å². The molecule has 0 rings (SSSR count). The van der Waals surface area contributed by atoms with Gasteiger partial charge in [-0.15, -0.1) is 0 Å². The lowest BCUT2D eigenvalue weighted by Gasteiger charge is -2.15. The van der Waals surface area contributed by atoms with E-state index < -0.39 is 6.10 Å². The summed E-state index contributed by atoms with van der Waals surface area (Å²) in [6.07, 6.45) is 38.9. The minimum absolute atomic E-state index is 0.0585. The van der Waals surface area contributed by atoms with Crippen LogP contribution in [0.1, 0.15) is 233 Å². The second-order valence-electron chi connectivity index (χ2n) is 15.7. The van der Waals surface area contributed by atoms with Gasteiger partial charge in [-0.3, -0.25) is 9.59 Å². The highest BCUT2D eigenvalue weighted by Crippen LogP contribution is 2.17. The molecule has 0 aromatic carbocycles. The van der Waals surface area contributed by atoms with E-state index in [0.29, 0.717) is 12.8 Å². The third-order valence-corrected chi connectivity index (χ3v) is 9.76. The van der Waals surface area contributed by atoms with Gasteiger partial charge in [0.25, 0.3) is 0 Å². The van der Waals surface area contributed by atoms with Gasteiger partial charge in [-0.2, -0.15) is 0 Å². The Morgan fingerprint density at radius 1 is 0.417 bits per heavy atom. The number of esters is 2. The van der Waals surface area contributed by atoms with Gasteiger partial charge in [0.15, 0.2) is 6.10 Å². The van der Waals surface area contributed by atoms with Gasteiger partial charge in [-0.25, -0.2) is 0 Å². The smallest absolute Gasteiger partial charge is 0.306 e. The fourth-order valence-electron chi connectivity index (χ4n) is 6.51. The summed E-state index contributed by atoms with van der Waals surface area (Å²) in [5.74, 6) is 1.11. The van der Waals surface area contributed by atoms with Crippen LogP contribution in [0.2, 0.25) is 0 Å². The molecule has 0 aliphatic carbocycles. The molecule has 286 valence electrons. The summed E-state index contributed by atoms with van der Waals surface area (Å²) in [7, 11) is 0. The highest BCUT2D eigenvalue weighted by Gasteiger charge is 2.16. The first-order valence-corrected chi connectivity index (χ1v) is 21.3. The molecule has 0 radical (unpaired) electrons. The molecular weight excluding hydrogens is 596 g/mol. The number of unbranched alkanes of at least 4 members (excludes halogenated alkanes) is 26. The maximum atomic E-state index is 12.2. The van der Waals surface area contributed by atoms with Crippen LogP contribution in [0.15, 0.2) is 0 Å². The van der Waals surface area contributed by atoms with Crippen LogP contribution in [0.4, 0.5) is 0 Å². The van der Waals surface area contributed by atoms with E-state index in [0.717, 1.165) is 50.4 Å². The maximum Gasteiger partial charge on any atom is 0.306 e. The largest absolute Gasteiger partial charge is 0.462 e. The van der Waals surface area contributed by atoms with Gasteiger partial charge < -0.3 is 14.6 Å². The third-order valence-electron chi connectivity index (χ3n) is 9.76. The summed E-state index contributed by atoms with van der Waals surface area (Å²) in [4.78, 5) is 24.3. The van der Waals surface area contributed by atoms with Crippen molar-refractivity contribution >= 4 is 11.9 Å². The molecule has 48 heavy (non-hydrogen) atoms. The van der Waals surface area contributed by atoms with Crippen molar-refractivity contribution in [1.29, 1.82) is 0 Å². The summed E-state index contributed by atoms with van der Waals surface area (Å²) >= 11 is 0. The normalized spacial score (nSPS) is 12.2. The highest BCUT2D eigenvalue weighted by molar-refractivity contribution is 5.70. The van der Waals surface area contributed by atoms with Crippen LogP contribution in [-0.2, 0) is 19.1 Å². The maximum absolute atomic E-state index is 12.2. The monoisotopic (exact) mass is 681 g/mol. The molecule has 1 N–H and O–H groups in total. The van der Waals surface area contributed by atoms with Crippen molar-refractivity contribution < 1.29 is 24.2 Å². The second-order valence-corrected chi connectivity index (χ2v) is 15.7. The Bertz CT molecular complexity index is 676. The average Bonchev–Trinajstić information content (AvgIpc) is 3.05. The first-order chi connectivity index (χ1) is 23.3. The molecule has 5 heteroatoms. The molecule has 5 nitrogen and oxygen atoms in total. The van der Waals surface area contributed by atoms with Crippen molar-refractivity contribution in [3.8, 4) is 0 Å². The van der Waals surface area contributed by atoms with Crippen molar-refractivity contribution in [3.05, 3.63) is 0 Å². The van der Waals surface area contributed by atoms with Crippen LogP contribution in [0.25, 0.3) is 0 Å². The second kappa shape index (κ2) is 37.2. The zero-order valence-electron chi connectivity index (χ0n) is 32.9. The van der Waals surface area contributed by atoms with Crippen LogP contribution in [0.3, 0.4) is 0 Å². The van der Waals surface area contributed by atoms with Gasteiger partial charge >= 0.3 is 11.9 Å². The Balaban J connectivity index is 3.46. The van der Waals surface area contributed by atoms with E-state index in [4.69, 9.17) is 9.47 Å². The molecule has 0 bridgehead atoms. The Morgan fingerprint density at radius 2 is 0.688 bits per heavy atom. The lowest BCUT2D eigenvalue weighted by molar-refractivity contribution is -0.161. The molecule has 0 amide bonds. The number of carbonyl (C=O) groups excluding carboxylic acids is 2. The SMILES string of the molecule is CC(C)CCCCCCCCCCCCCCCCCCCCC(=O)O[C@@H](CO)COC(=O)CCCCCCCCCCCCC(C)C. The molecule has 1 atom stereocenters. The highest BCUT2D eigenvalue weighted by atomic mass is 16.6. The number of aliphatic hydroxyl groups is 1. The number of hydrogen-bond acceptors (Lipinski definition) is 5. The summed E-state index contributed by atoms with van der Waals surface area (Å²) in [6.45, 7) is 8.87. The van der Waals surface area contributed by atoms with E-state index in [-0.39, 0.29) is 25.2 Å². The molecule has 0 saturated carbocycles. The molecule has 0 aromatic heterocycles. The van der Waals surface area contributed by atoms with Gasteiger partial charge in [-0.05, 0) is 24.7 Å². The van der Waals surface area contributed by atoms with Gasteiger partial charge in [0, 0.05) is 12.8 Å². The zero-order valence-corrected chi connectivity index (χ0v) is 32.9. The quantitative estimate of drug-likeness (QED) is 0.0519. The van der Waals surface area contributed by atoms with Crippen LogP contribution in [-0.4, -0.2) is 36.4 Å². The predicted molar refractivity (Wildman–Crippen MR) is 205 cm³/mol. The van der Waals surface area contributed by atoms with E-state index in [2.05, 4.69) is 27.7 Å². The molecule has 0 unspecified atom stereocenters. The number of hydrogen-bond donors (Lipinski definition) is 1. The number of carbonyl (C=O) groups is 2. The molecule has 0 aromatic rings. The number of aliphatic hydroxyl groups excluding tert-OH is 1. The molecule has 0 spiro atoms. The standard InChI is InChI=1S/C43H84O5/c1-39(2)33-29-25-21-17-13-11-9-7-5-6-8-10-12-14-20-24-28-32-36-43(46)48-41(37-44)38-47-42(45)35-31-27-23-19-16-15-18-22-26-30-34-40(3)4/h39-41,44H,5-38H2,1-4H3/t41-/m0/s1. The minimum atomic E-state index is -0.763. The number of rotatable bonds is 38. The summed E-state index contributed by atoms with van der Waals surface area (Å²) in [6, 6.07) is 0. The third kappa shape index (κ3) is 37.7. The fraction of sp³-hybridized carbons (Fsp3) is 0.953. The molecule has 0 heterocycles. The van der Waals surface area contributed by atoms with E-state index in [9.17, 15) is 14.7 Å². The van der Waals surface area contributed by atoms with Crippen molar-refractivity contribution in [2.24, 2.45) is 11.8 Å². The van der Waals surface area contributed by atoms with Gasteiger partial charge in [0.2, 0.25) is 0 Å². The van der Waals surface area contributed by atoms with Crippen molar-refractivity contribution in [3.63, 3.8) is 0 Å². The number of ether oxygens (including phenoxy) is 2.